The van der Waals surface area contributed by atoms with Crippen LogP contribution in [0.25, 0.3) is 0 Å². The number of phenolic OH excluding ortho intramolecular Hbond substituents is 1. The second-order valence-electron chi connectivity index (χ2n) is 3.27. The Bertz CT molecular complexity index is 405. The van der Waals surface area contributed by atoms with Crippen LogP contribution in [0.4, 0.5) is 0 Å². The number of aromatic hydroxyl groups is 1. The minimum Gasteiger partial charge on any atom is -0.506 e. The van der Waals surface area contributed by atoms with Crippen molar-refractivity contribution in [2.45, 2.75) is 20.8 Å². The first kappa shape index (κ1) is 10.4. The van der Waals surface area contributed by atoms with Crippen molar-refractivity contribution in [1.82, 2.24) is 0 Å². The molecule has 74 valence electrons. The van der Waals surface area contributed by atoms with Gasteiger partial charge in [-0.3, -0.25) is 9.59 Å². The molecule has 0 saturated carbocycles. The number of hydrogen-bond donors (Lipinski definition) is 1. The van der Waals surface area contributed by atoms with Crippen molar-refractivity contribution in [2.24, 2.45) is 0 Å². The van der Waals surface area contributed by atoms with Gasteiger partial charge in [0.1, 0.15) is 5.75 Å². The molecule has 0 aliphatic heterocycles. The minimum absolute atomic E-state index is 0.195. The molecule has 1 aromatic rings. The van der Waals surface area contributed by atoms with Gasteiger partial charge in [-0.25, -0.2) is 0 Å². The van der Waals surface area contributed by atoms with Crippen LogP contribution < -0.4 is 0 Å². The zero-order chi connectivity index (χ0) is 10.9. The van der Waals surface area contributed by atoms with Crippen molar-refractivity contribution < 1.29 is 14.7 Å². The van der Waals surface area contributed by atoms with Gasteiger partial charge in [-0.1, -0.05) is 6.07 Å². The Labute approximate surface area is 82.4 Å². The highest BCUT2D eigenvalue weighted by atomic mass is 16.3. The van der Waals surface area contributed by atoms with E-state index in [0.29, 0.717) is 5.56 Å². The Morgan fingerprint density at radius 1 is 1.14 bits per heavy atom. The summed E-state index contributed by atoms with van der Waals surface area (Å²) in [5, 5.41) is 9.67. The van der Waals surface area contributed by atoms with Crippen molar-refractivity contribution in [3.05, 3.63) is 28.8 Å². The fourth-order valence-corrected chi connectivity index (χ4v) is 1.42. The summed E-state index contributed by atoms with van der Waals surface area (Å²) in [6.45, 7) is 4.45. The molecule has 0 radical (unpaired) electrons. The van der Waals surface area contributed by atoms with Gasteiger partial charge in [0.15, 0.2) is 11.6 Å². The molecule has 0 amide bonds. The predicted molar refractivity (Wildman–Crippen MR) is 52.9 cm³/mol. The van der Waals surface area contributed by atoms with E-state index < -0.39 is 0 Å². The smallest absolute Gasteiger partial charge is 0.163 e. The average molecular weight is 192 g/mol. The van der Waals surface area contributed by atoms with Gasteiger partial charge in [0.2, 0.25) is 0 Å². The fraction of sp³-hybridized carbons (Fsp3) is 0.273. The lowest BCUT2D eigenvalue weighted by Crippen LogP contribution is -2.02. The summed E-state index contributed by atoms with van der Waals surface area (Å²) in [6, 6.07) is 3.19. The fourth-order valence-electron chi connectivity index (χ4n) is 1.42. The van der Waals surface area contributed by atoms with Crippen LogP contribution in [0.1, 0.15) is 40.1 Å². The molecule has 0 atom stereocenters. The summed E-state index contributed by atoms with van der Waals surface area (Å²) < 4.78 is 0. The van der Waals surface area contributed by atoms with Crippen LogP contribution in [0.3, 0.4) is 0 Å². The highest BCUT2D eigenvalue weighted by Gasteiger charge is 2.15. The third kappa shape index (κ3) is 1.66. The van der Waals surface area contributed by atoms with E-state index in [1.807, 2.05) is 0 Å². The molecule has 0 spiro atoms. The van der Waals surface area contributed by atoms with E-state index in [-0.39, 0.29) is 28.4 Å². The van der Waals surface area contributed by atoms with Crippen LogP contribution in [-0.2, 0) is 0 Å². The molecule has 3 heteroatoms. The van der Waals surface area contributed by atoms with Gasteiger partial charge in [-0.2, -0.15) is 0 Å². The van der Waals surface area contributed by atoms with Gasteiger partial charge in [0.05, 0.1) is 11.1 Å². The molecule has 1 aromatic carbocycles. The Balaban J connectivity index is 3.49. The quantitative estimate of drug-likeness (QED) is 0.730. The molecule has 0 aliphatic rings. The molecule has 1 rings (SSSR count). The van der Waals surface area contributed by atoms with Crippen LogP contribution in [0.2, 0.25) is 0 Å². The number of aryl methyl sites for hydroxylation is 1. The molecule has 3 nitrogen and oxygen atoms in total. The number of carbonyl (C=O) groups excluding carboxylic acids is 2. The molecule has 0 aromatic heterocycles. The molecule has 14 heavy (non-hydrogen) atoms. The zero-order valence-electron chi connectivity index (χ0n) is 8.42. The maximum atomic E-state index is 11.2. The van der Waals surface area contributed by atoms with E-state index in [0.717, 1.165) is 0 Å². The van der Waals surface area contributed by atoms with Gasteiger partial charge < -0.3 is 5.11 Å². The van der Waals surface area contributed by atoms with E-state index in [1.54, 1.807) is 13.0 Å². The predicted octanol–water partition coefficient (Wildman–Crippen LogP) is 2.11. The zero-order valence-corrected chi connectivity index (χ0v) is 8.42. The topological polar surface area (TPSA) is 54.4 Å². The molecule has 0 unspecified atom stereocenters. The van der Waals surface area contributed by atoms with Crippen molar-refractivity contribution in [2.75, 3.05) is 0 Å². The number of carbonyl (C=O) groups is 2. The first-order valence-electron chi connectivity index (χ1n) is 4.29. The number of phenols is 1. The Hall–Kier alpha value is -1.64. The molecule has 0 saturated heterocycles. The monoisotopic (exact) mass is 192 g/mol. The Morgan fingerprint density at radius 3 is 2.14 bits per heavy atom. The van der Waals surface area contributed by atoms with E-state index in [9.17, 15) is 14.7 Å². The van der Waals surface area contributed by atoms with Crippen molar-refractivity contribution in [3.8, 4) is 5.75 Å². The highest BCUT2D eigenvalue weighted by molar-refractivity contribution is 6.04. The average Bonchev–Trinajstić information content (AvgIpc) is 2.02. The van der Waals surface area contributed by atoms with Crippen LogP contribution in [0.5, 0.6) is 5.75 Å². The first-order chi connectivity index (χ1) is 6.45. The molecule has 0 aliphatic carbocycles. The minimum atomic E-state index is -0.245. The lowest BCUT2D eigenvalue weighted by atomic mass is 9.99. The van der Waals surface area contributed by atoms with Crippen molar-refractivity contribution in [3.63, 3.8) is 0 Å². The van der Waals surface area contributed by atoms with Gasteiger partial charge in [-0.15, -0.1) is 0 Å². The van der Waals surface area contributed by atoms with Crippen LogP contribution in [0, 0.1) is 6.92 Å². The number of ketones is 2. The van der Waals surface area contributed by atoms with Gasteiger partial charge in [0, 0.05) is 0 Å². The number of hydrogen-bond acceptors (Lipinski definition) is 3. The SMILES string of the molecule is CC(=O)c1ccc(C)c(C(C)=O)c1O. The highest BCUT2D eigenvalue weighted by Crippen LogP contribution is 2.26. The third-order valence-corrected chi connectivity index (χ3v) is 2.12. The maximum absolute atomic E-state index is 11.2. The van der Waals surface area contributed by atoms with E-state index >= 15 is 0 Å². The van der Waals surface area contributed by atoms with E-state index in [1.165, 1.54) is 19.9 Å². The second-order valence-corrected chi connectivity index (χ2v) is 3.27. The Morgan fingerprint density at radius 2 is 1.71 bits per heavy atom. The van der Waals surface area contributed by atoms with Gasteiger partial charge >= 0.3 is 0 Å². The molecule has 0 heterocycles. The van der Waals surface area contributed by atoms with Crippen LogP contribution in [-0.4, -0.2) is 16.7 Å². The summed E-state index contributed by atoms with van der Waals surface area (Å²) in [6.07, 6.45) is 0. The summed E-state index contributed by atoms with van der Waals surface area (Å²) in [5.41, 5.74) is 1.11. The number of Topliss-reactive ketones (excluding diaryl/α,β-unsaturated/α-hetero) is 2. The van der Waals surface area contributed by atoms with Gasteiger partial charge in [-0.05, 0) is 32.4 Å². The first-order valence-corrected chi connectivity index (χ1v) is 4.29. The number of rotatable bonds is 2. The van der Waals surface area contributed by atoms with E-state index in [2.05, 4.69) is 0 Å². The normalized spacial score (nSPS) is 9.93. The van der Waals surface area contributed by atoms with Crippen LogP contribution >= 0.6 is 0 Å². The van der Waals surface area contributed by atoms with E-state index in [4.69, 9.17) is 0 Å². The molecular formula is C11H12O3. The lowest BCUT2D eigenvalue weighted by Gasteiger charge is -2.07. The molecule has 1 N–H and O–H groups in total. The standard InChI is InChI=1S/C11H12O3/c1-6-4-5-9(7(2)12)11(14)10(6)8(3)13/h4-5,14H,1-3H3. The number of benzene rings is 1. The van der Waals surface area contributed by atoms with Crippen molar-refractivity contribution >= 4 is 11.6 Å². The summed E-state index contributed by atoms with van der Waals surface area (Å²) in [4.78, 5) is 22.3. The maximum Gasteiger partial charge on any atom is 0.163 e. The summed E-state index contributed by atoms with van der Waals surface area (Å²) in [7, 11) is 0. The van der Waals surface area contributed by atoms with Gasteiger partial charge in [0.25, 0.3) is 0 Å². The third-order valence-electron chi connectivity index (χ3n) is 2.12. The molecule has 0 fully saturated rings. The second kappa shape index (κ2) is 3.62. The van der Waals surface area contributed by atoms with Crippen LogP contribution in [0.15, 0.2) is 12.1 Å². The Kier molecular flexibility index (Phi) is 2.70. The largest absolute Gasteiger partial charge is 0.506 e. The lowest BCUT2D eigenvalue weighted by molar-refractivity contribution is 0.101. The summed E-state index contributed by atoms with van der Waals surface area (Å²) in [5.74, 6) is -0.682. The summed E-state index contributed by atoms with van der Waals surface area (Å²) >= 11 is 0. The molecular weight excluding hydrogens is 180 g/mol. The molecule has 0 bridgehead atoms. The van der Waals surface area contributed by atoms with Crippen molar-refractivity contribution in [1.29, 1.82) is 0 Å².